The first-order valence-electron chi connectivity index (χ1n) is 7.17. The molecule has 1 aromatic heterocycles. The first kappa shape index (κ1) is 12.1. The Morgan fingerprint density at radius 2 is 1.38 bits per heavy atom. The fourth-order valence-corrected chi connectivity index (χ4v) is 2.89. The van der Waals surface area contributed by atoms with Crippen molar-refractivity contribution in [2.45, 2.75) is 6.92 Å². The van der Waals surface area contributed by atoms with E-state index in [2.05, 4.69) is 79.7 Å². The summed E-state index contributed by atoms with van der Waals surface area (Å²) in [5.41, 5.74) is 3.29. The third kappa shape index (κ3) is 2.07. The summed E-state index contributed by atoms with van der Waals surface area (Å²) >= 11 is 0. The third-order valence-electron chi connectivity index (χ3n) is 3.89. The lowest BCUT2D eigenvalue weighted by Gasteiger charge is -2.09. The van der Waals surface area contributed by atoms with Crippen LogP contribution in [0.4, 0.5) is 0 Å². The molecule has 0 saturated carbocycles. The molecule has 0 radical (unpaired) electrons. The summed E-state index contributed by atoms with van der Waals surface area (Å²) in [6.45, 7) is 2.05. The van der Waals surface area contributed by atoms with E-state index in [9.17, 15) is 0 Å². The van der Waals surface area contributed by atoms with Gasteiger partial charge in [-0.15, -0.1) is 0 Å². The highest BCUT2D eigenvalue weighted by atomic mass is 14.7. The number of nitrogens with zero attached hydrogens (tertiary/aromatic N) is 1. The van der Waals surface area contributed by atoms with Crippen LogP contribution in [0.5, 0.6) is 0 Å². The molecule has 1 nitrogen and oxygen atoms in total. The standard InChI is InChI=1S/C20H15N/c1-14-12-17-8-4-5-9-19(17)20(21-14)18-11-10-15-6-2-3-7-16(15)13-18/h2-13H,1H3. The van der Waals surface area contributed by atoms with Crippen molar-refractivity contribution in [1.29, 1.82) is 0 Å². The average molecular weight is 269 g/mol. The summed E-state index contributed by atoms with van der Waals surface area (Å²) < 4.78 is 0. The van der Waals surface area contributed by atoms with Gasteiger partial charge in [-0.25, -0.2) is 0 Å². The fourth-order valence-electron chi connectivity index (χ4n) is 2.89. The second kappa shape index (κ2) is 4.71. The van der Waals surface area contributed by atoms with Gasteiger partial charge in [0.2, 0.25) is 0 Å². The van der Waals surface area contributed by atoms with Crippen LogP contribution in [0.25, 0.3) is 32.8 Å². The van der Waals surface area contributed by atoms with E-state index >= 15 is 0 Å². The van der Waals surface area contributed by atoms with Gasteiger partial charge in [0.05, 0.1) is 5.69 Å². The zero-order valence-corrected chi connectivity index (χ0v) is 11.9. The van der Waals surface area contributed by atoms with Crippen LogP contribution in [0.2, 0.25) is 0 Å². The summed E-state index contributed by atoms with van der Waals surface area (Å²) in [5, 5.41) is 4.96. The van der Waals surface area contributed by atoms with Crippen molar-refractivity contribution in [2.24, 2.45) is 0 Å². The van der Waals surface area contributed by atoms with Gasteiger partial charge >= 0.3 is 0 Å². The van der Waals surface area contributed by atoms with Crippen molar-refractivity contribution in [3.63, 3.8) is 0 Å². The van der Waals surface area contributed by atoms with Crippen molar-refractivity contribution < 1.29 is 0 Å². The van der Waals surface area contributed by atoms with Crippen LogP contribution in [0, 0.1) is 6.92 Å². The Hall–Kier alpha value is -2.67. The van der Waals surface area contributed by atoms with E-state index in [1.807, 2.05) is 0 Å². The lowest BCUT2D eigenvalue weighted by molar-refractivity contribution is 1.23. The van der Waals surface area contributed by atoms with Crippen molar-refractivity contribution in [1.82, 2.24) is 4.98 Å². The molecule has 0 unspecified atom stereocenters. The molecule has 0 amide bonds. The van der Waals surface area contributed by atoms with Gasteiger partial charge in [0, 0.05) is 16.6 Å². The lowest BCUT2D eigenvalue weighted by atomic mass is 10.0. The van der Waals surface area contributed by atoms with Gasteiger partial charge in [0.15, 0.2) is 0 Å². The Labute approximate surface area is 123 Å². The number of benzene rings is 3. The zero-order valence-electron chi connectivity index (χ0n) is 11.9. The third-order valence-corrected chi connectivity index (χ3v) is 3.89. The van der Waals surface area contributed by atoms with Crippen LogP contribution in [0.15, 0.2) is 72.8 Å². The SMILES string of the molecule is Cc1cc2ccccc2c(-c2ccc3ccccc3c2)n1. The fraction of sp³-hybridized carbons (Fsp3) is 0.0500. The highest BCUT2D eigenvalue weighted by Crippen LogP contribution is 2.29. The van der Waals surface area contributed by atoms with E-state index in [4.69, 9.17) is 4.98 Å². The number of fused-ring (bicyclic) bond motifs is 2. The zero-order chi connectivity index (χ0) is 14.2. The molecule has 100 valence electrons. The van der Waals surface area contributed by atoms with E-state index in [0.29, 0.717) is 0 Å². The van der Waals surface area contributed by atoms with Crippen LogP contribution >= 0.6 is 0 Å². The van der Waals surface area contributed by atoms with Crippen molar-refractivity contribution in [3.8, 4) is 11.3 Å². The summed E-state index contributed by atoms with van der Waals surface area (Å²) in [4.78, 5) is 4.78. The number of pyridine rings is 1. The number of hydrogen-bond donors (Lipinski definition) is 0. The van der Waals surface area contributed by atoms with Crippen molar-refractivity contribution >= 4 is 21.5 Å². The van der Waals surface area contributed by atoms with Crippen molar-refractivity contribution in [2.75, 3.05) is 0 Å². The molecule has 0 N–H and O–H groups in total. The van der Waals surface area contributed by atoms with Crippen LogP contribution in [-0.2, 0) is 0 Å². The van der Waals surface area contributed by atoms with E-state index in [0.717, 1.165) is 11.4 Å². The summed E-state index contributed by atoms with van der Waals surface area (Å²) in [6.07, 6.45) is 0. The van der Waals surface area contributed by atoms with Gasteiger partial charge in [-0.2, -0.15) is 0 Å². The normalized spacial score (nSPS) is 11.1. The summed E-state index contributed by atoms with van der Waals surface area (Å²) in [6, 6.07) is 25.6. The summed E-state index contributed by atoms with van der Waals surface area (Å²) in [7, 11) is 0. The predicted molar refractivity (Wildman–Crippen MR) is 89.4 cm³/mol. The Balaban J connectivity index is 2.03. The predicted octanol–water partition coefficient (Wildman–Crippen LogP) is 5.36. The molecule has 4 aromatic rings. The molecule has 3 aromatic carbocycles. The van der Waals surface area contributed by atoms with Gasteiger partial charge in [0.25, 0.3) is 0 Å². The number of aromatic nitrogens is 1. The molecule has 0 atom stereocenters. The Kier molecular flexibility index (Phi) is 2.71. The van der Waals surface area contributed by atoms with E-state index < -0.39 is 0 Å². The maximum absolute atomic E-state index is 4.78. The van der Waals surface area contributed by atoms with E-state index in [1.54, 1.807) is 0 Å². The number of rotatable bonds is 1. The van der Waals surface area contributed by atoms with Crippen LogP contribution in [0.3, 0.4) is 0 Å². The molecule has 0 aliphatic rings. The highest BCUT2D eigenvalue weighted by molar-refractivity contribution is 5.97. The number of hydrogen-bond acceptors (Lipinski definition) is 1. The van der Waals surface area contributed by atoms with Gasteiger partial charge < -0.3 is 0 Å². The summed E-state index contributed by atoms with van der Waals surface area (Å²) in [5.74, 6) is 0. The highest BCUT2D eigenvalue weighted by Gasteiger charge is 2.07. The van der Waals surface area contributed by atoms with Crippen LogP contribution < -0.4 is 0 Å². The van der Waals surface area contributed by atoms with Gasteiger partial charge in [0.1, 0.15) is 0 Å². The van der Waals surface area contributed by atoms with E-state index in [1.165, 1.54) is 27.1 Å². The second-order valence-corrected chi connectivity index (χ2v) is 5.40. The van der Waals surface area contributed by atoms with Gasteiger partial charge in [-0.05, 0) is 35.2 Å². The molecule has 0 fully saturated rings. The molecule has 21 heavy (non-hydrogen) atoms. The second-order valence-electron chi connectivity index (χ2n) is 5.40. The van der Waals surface area contributed by atoms with Gasteiger partial charge in [-0.1, -0.05) is 60.7 Å². The first-order chi connectivity index (χ1) is 10.3. The molecule has 1 heteroatoms. The monoisotopic (exact) mass is 269 g/mol. The van der Waals surface area contributed by atoms with Crippen LogP contribution in [0.1, 0.15) is 5.69 Å². The van der Waals surface area contributed by atoms with E-state index in [-0.39, 0.29) is 0 Å². The van der Waals surface area contributed by atoms with Gasteiger partial charge in [-0.3, -0.25) is 4.98 Å². The maximum Gasteiger partial charge on any atom is 0.0783 e. The molecular formula is C20H15N. The Morgan fingerprint density at radius 3 is 2.24 bits per heavy atom. The molecule has 0 bridgehead atoms. The number of aryl methyl sites for hydroxylation is 1. The molecule has 0 saturated heterocycles. The quantitative estimate of drug-likeness (QED) is 0.453. The molecule has 1 heterocycles. The molecule has 0 aliphatic carbocycles. The largest absolute Gasteiger partial charge is 0.252 e. The average Bonchev–Trinajstić information content (AvgIpc) is 2.53. The molecule has 0 aliphatic heterocycles. The minimum atomic E-state index is 1.05. The lowest BCUT2D eigenvalue weighted by Crippen LogP contribution is -1.90. The smallest absolute Gasteiger partial charge is 0.0783 e. The van der Waals surface area contributed by atoms with Crippen molar-refractivity contribution in [3.05, 3.63) is 78.5 Å². The Morgan fingerprint density at radius 1 is 0.667 bits per heavy atom. The minimum absolute atomic E-state index is 1.05. The molecular weight excluding hydrogens is 254 g/mol. The topological polar surface area (TPSA) is 12.9 Å². The maximum atomic E-state index is 4.78. The van der Waals surface area contributed by atoms with Crippen LogP contribution in [-0.4, -0.2) is 4.98 Å². The molecule has 4 rings (SSSR count). The Bertz CT molecular complexity index is 954. The minimum Gasteiger partial charge on any atom is -0.252 e. The molecule has 0 spiro atoms. The first-order valence-corrected chi connectivity index (χ1v) is 7.17.